The summed E-state index contributed by atoms with van der Waals surface area (Å²) in [6.07, 6.45) is 0.250. The molecule has 0 fully saturated rings. The van der Waals surface area contributed by atoms with Crippen molar-refractivity contribution in [3.63, 3.8) is 0 Å². The summed E-state index contributed by atoms with van der Waals surface area (Å²) in [5.41, 5.74) is 0.171. The van der Waals surface area contributed by atoms with Crippen LogP contribution >= 0.6 is 46.4 Å². The average Bonchev–Trinajstić information content (AvgIpc) is 2.71. The highest BCUT2D eigenvalue weighted by atomic mass is 35.5. The number of benzene rings is 3. The van der Waals surface area contributed by atoms with Gasteiger partial charge in [0.25, 0.3) is 0 Å². The van der Waals surface area contributed by atoms with Gasteiger partial charge in [-0.3, -0.25) is 4.79 Å². The smallest absolute Gasteiger partial charge is 0.373 e. The first-order valence-electron chi connectivity index (χ1n) is 8.40. The average molecular weight is 530 g/mol. The number of halogens is 4. The largest absolute Gasteiger partial charge is 0.506 e. The lowest BCUT2D eigenvalue weighted by atomic mass is 9.90. The fraction of sp³-hybridized carbons (Fsp3) is 0.0455. The quantitative estimate of drug-likeness (QED) is 0.279. The van der Waals surface area contributed by atoms with E-state index in [0.29, 0.717) is 16.5 Å². The van der Waals surface area contributed by atoms with Crippen LogP contribution in [0, 0.1) is 0 Å². The van der Waals surface area contributed by atoms with E-state index >= 15 is 0 Å². The molecule has 0 unspecified atom stereocenters. The molecule has 0 saturated carbocycles. The molecule has 0 saturated heterocycles. The van der Waals surface area contributed by atoms with E-state index in [0.717, 1.165) is 0 Å². The van der Waals surface area contributed by atoms with E-state index in [-0.39, 0.29) is 61.9 Å². The van der Waals surface area contributed by atoms with Gasteiger partial charge in [-0.25, -0.2) is 4.79 Å². The number of carbonyl (C=O) groups excluding carboxylic acids is 2. The van der Waals surface area contributed by atoms with Crippen molar-refractivity contribution in [2.45, 2.75) is 7.43 Å². The van der Waals surface area contributed by atoms with Crippen molar-refractivity contribution in [3.8, 4) is 28.2 Å². The Bertz CT molecular complexity index is 1450. The van der Waals surface area contributed by atoms with Gasteiger partial charge in [-0.2, -0.15) is 9.59 Å². The predicted molar refractivity (Wildman–Crippen MR) is 125 cm³/mol. The second-order valence-electron chi connectivity index (χ2n) is 6.22. The second kappa shape index (κ2) is 10.3. The zero-order valence-electron chi connectivity index (χ0n) is 15.4. The Morgan fingerprint density at radius 2 is 1.48 bits per heavy atom. The molecule has 0 amide bonds. The van der Waals surface area contributed by atoms with E-state index in [1.165, 1.54) is 36.4 Å². The van der Waals surface area contributed by atoms with Crippen molar-refractivity contribution < 1.29 is 29.0 Å². The maximum absolute atomic E-state index is 12.0. The van der Waals surface area contributed by atoms with Crippen molar-refractivity contribution in [3.05, 3.63) is 72.3 Å². The number of rotatable bonds is 2. The van der Waals surface area contributed by atoms with Crippen LogP contribution in [-0.2, 0) is 9.59 Å². The molecular weight excluding hydrogens is 518 g/mol. The molecule has 4 rings (SSSR count). The number of fused-ring (bicyclic) bond motifs is 2. The molecule has 0 radical (unpaired) electrons. The van der Waals surface area contributed by atoms with E-state index in [4.69, 9.17) is 60.4 Å². The lowest BCUT2D eigenvalue weighted by Gasteiger charge is -2.19. The van der Waals surface area contributed by atoms with Gasteiger partial charge in [-0.05, 0) is 24.3 Å². The van der Waals surface area contributed by atoms with Gasteiger partial charge >= 0.3 is 12.1 Å². The SMILES string of the molecule is C.O=C(O)c1c(Cl)ccc(Cl)c1-c1c2cc(Cl)c(=O)cc-2oc2cc(O)c(Cl)cc12.O=C=O. The summed E-state index contributed by atoms with van der Waals surface area (Å²) < 4.78 is 5.75. The molecule has 2 aliphatic rings. The summed E-state index contributed by atoms with van der Waals surface area (Å²) in [5, 5.41) is 20.1. The van der Waals surface area contributed by atoms with Gasteiger partial charge in [0.2, 0.25) is 5.43 Å². The van der Waals surface area contributed by atoms with Crippen LogP contribution in [0.5, 0.6) is 5.75 Å². The first kappa shape index (κ1) is 26.2. The van der Waals surface area contributed by atoms with Gasteiger partial charge in [-0.1, -0.05) is 53.8 Å². The first-order valence-corrected chi connectivity index (χ1v) is 9.91. The zero-order valence-corrected chi connectivity index (χ0v) is 18.4. The summed E-state index contributed by atoms with van der Waals surface area (Å²) in [6, 6.07) is 8.03. The monoisotopic (exact) mass is 528 g/mol. The highest BCUT2D eigenvalue weighted by Crippen LogP contribution is 2.47. The Morgan fingerprint density at radius 3 is 2.09 bits per heavy atom. The zero-order chi connectivity index (χ0) is 23.7. The summed E-state index contributed by atoms with van der Waals surface area (Å²) in [5.74, 6) is -1.43. The van der Waals surface area contributed by atoms with E-state index < -0.39 is 11.4 Å². The van der Waals surface area contributed by atoms with Gasteiger partial charge in [0, 0.05) is 39.2 Å². The fourth-order valence-corrected chi connectivity index (χ4v) is 3.99. The van der Waals surface area contributed by atoms with Crippen molar-refractivity contribution >= 4 is 69.5 Å². The van der Waals surface area contributed by atoms with Gasteiger partial charge < -0.3 is 14.6 Å². The topological polar surface area (TPSA) is 122 Å². The Balaban J connectivity index is 0.000000914. The third-order valence-corrected chi connectivity index (χ3v) is 5.64. The number of phenolic OH excluding ortho intramolecular Hbond substituents is 1. The third kappa shape index (κ3) is 4.83. The van der Waals surface area contributed by atoms with Crippen molar-refractivity contribution in [2.75, 3.05) is 0 Å². The van der Waals surface area contributed by atoms with Crippen LogP contribution in [0.1, 0.15) is 17.8 Å². The summed E-state index contributed by atoms with van der Waals surface area (Å²) in [7, 11) is 0. The minimum atomic E-state index is -1.30. The molecule has 11 heteroatoms. The normalized spacial score (nSPS) is 10.2. The highest BCUT2D eigenvalue weighted by Gasteiger charge is 2.27. The van der Waals surface area contributed by atoms with Crippen molar-refractivity contribution in [1.82, 2.24) is 0 Å². The Labute approximate surface area is 206 Å². The Morgan fingerprint density at radius 1 is 0.879 bits per heavy atom. The molecule has 0 atom stereocenters. The summed E-state index contributed by atoms with van der Waals surface area (Å²) in [6.45, 7) is 0. The molecule has 1 heterocycles. The Kier molecular flexibility index (Phi) is 8.14. The number of carbonyl (C=O) groups is 1. The van der Waals surface area contributed by atoms with Gasteiger partial charge in [0.05, 0.1) is 20.6 Å². The molecule has 33 heavy (non-hydrogen) atoms. The van der Waals surface area contributed by atoms with Crippen molar-refractivity contribution in [2.24, 2.45) is 0 Å². The van der Waals surface area contributed by atoms with E-state index in [1.54, 1.807) is 0 Å². The number of carboxylic acids is 1. The minimum absolute atomic E-state index is 0. The molecule has 0 spiro atoms. The van der Waals surface area contributed by atoms with E-state index in [1.807, 2.05) is 0 Å². The molecule has 0 bridgehead atoms. The number of carboxylic acid groups (broad SMARTS) is 1. The van der Waals surface area contributed by atoms with Crippen molar-refractivity contribution in [1.29, 1.82) is 0 Å². The highest BCUT2D eigenvalue weighted by molar-refractivity contribution is 6.39. The molecule has 170 valence electrons. The van der Waals surface area contributed by atoms with Crippen LogP contribution in [-0.4, -0.2) is 22.3 Å². The summed E-state index contributed by atoms with van der Waals surface area (Å²) in [4.78, 5) is 40.3. The van der Waals surface area contributed by atoms with E-state index in [9.17, 15) is 19.8 Å². The lowest BCUT2D eigenvalue weighted by molar-refractivity contribution is -0.191. The molecule has 1 aliphatic heterocycles. The fourth-order valence-electron chi connectivity index (χ4n) is 3.18. The van der Waals surface area contributed by atoms with Gasteiger partial charge in [-0.15, -0.1) is 0 Å². The van der Waals surface area contributed by atoms with Crippen LogP contribution in [0.2, 0.25) is 20.1 Å². The van der Waals surface area contributed by atoms with Gasteiger partial charge in [0.15, 0.2) is 0 Å². The van der Waals surface area contributed by atoms with Gasteiger partial charge in [0.1, 0.15) is 17.1 Å². The van der Waals surface area contributed by atoms with Crippen LogP contribution in [0.4, 0.5) is 0 Å². The molecule has 2 aromatic carbocycles. The number of aromatic hydroxyl groups is 1. The number of aromatic carboxylic acids is 1. The van der Waals surface area contributed by atoms with Crippen LogP contribution in [0.25, 0.3) is 33.4 Å². The minimum Gasteiger partial charge on any atom is -0.506 e. The number of phenols is 1. The maximum atomic E-state index is 12.0. The Hall–Kier alpha value is -3.06. The molecule has 2 N–H and O–H groups in total. The van der Waals surface area contributed by atoms with Crippen LogP contribution in [0.3, 0.4) is 0 Å². The third-order valence-electron chi connectivity index (χ3n) is 4.41. The molecule has 7 nitrogen and oxygen atoms in total. The first-order chi connectivity index (χ1) is 15.1. The lowest BCUT2D eigenvalue weighted by Crippen LogP contribution is -2.06. The standard InChI is InChI=1S/C20H8Cl4O5.CO2.CH4/c21-9-1-2-10(22)19(20(27)28)18(9)17-7-3-11(23)13(25)5-15(7)29-16-6-14(26)12(24)4-8(16)17;2-1-3;/h1-6,25H,(H,27,28);;1H4. The molecule has 1 aliphatic carbocycles. The number of hydrogen-bond acceptors (Lipinski definition) is 6. The van der Waals surface area contributed by atoms with E-state index in [2.05, 4.69) is 0 Å². The molecular formula is C22H12Cl4O7. The maximum Gasteiger partial charge on any atom is 0.373 e. The second-order valence-corrected chi connectivity index (χ2v) is 7.85. The summed E-state index contributed by atoms with van der Waals surface area (Å²) >= 11 is 24.7. The van der Waals surface area contributed by atoms with Crippen LogP contribution in [0.15, 0.2) is 45.6 Å². The predicted octanol–water partition coefficient (Wildman–Crippen LogP) is 6.63. The van der Waals surface area contributed by atoms with Crippen LogP contribution < -0.4 is 5.43 Å². The number of hydrogen-bond donors (Lipinski definition) is 2. The molecule has 0 aromatic heterocycles. The molecule has 2 aromatic rings.